The molecule has 0 bridgehead atoms. The fraction of sp³-hybridized carbons (Fsp3) is 0.636. The summed E-state index contributed by atoms with van der Waals surface area (Å²) in [7, 11) is 0. The van der Waals surface area contributed by atoms with E-state index in [4.69, 9.17) is 0 Å². The van der Waals surface area contributed by atoms with Gasteiger partial charge < -0.3 is 16.0 Å². The normalized spacial score (nSPS) is 9.58. The highest BCUT2D eigenvalue weighted by atomic mass is 32.1. The Balaban J connectivity index is 3.69. The third kappa shape index (κ3) is 10.1. The molecule has 0 spiro atoms. The van der Waals surface area contributed by atoms with Gasteiger partial charge in [0.15, 0.2) is 5.78 Å². The topological polar surface area (TPSA) is 104 Å². The molecule has 0 aromatic carbocycles. The summed E-state index contributed by atoms with van der Waals surface area (Å²) >= 11 is 3.88. The fourth-order valence-corrected chi connectivity index (χ4v) is 1.20. The number of Topliss-reactive ketones (excluding diaryl/α,β-unsaturated/α-hetero) is 1. The molecular weight excluding hydrogens is 270 g/mol. The molecule has 0 rings (SSSR count). The van der Waals surface area contributed by atoms with Crippen LogP contribution >= 0.6 is 12.6 Å². The maximum absolute atomic E-state index is 11.3. The molecule has 0 unspecified atom stereocenters. The lowest BCUT2D eigenvalue weighted by Crippen LogP contribution is -2.42. The first kappa shape index (κ1) is 17.4. The molecule has 0 heterocycles. The summed E-state index contributed by atoms with van der Waals surface area (Å²) in [6.45, 7) is 1.25. The maximum atomic E-state index is 11.3. The van der Waals surface area contributed by atoms with Crippen LogP contribution in [-0.4, -0.2) is 48.9 Å². The van der Waals surface area contributed by atoms with E-state index in [-0.39, 0.29) is 37.7 Å². The third-order valence-corrected chi connectivity index (χ3v) is 2.33. The molecule has 0 saturated heterocycles. The number of hydrogen-bond acceptors (Lipinski definition) is 5. The minimum atomic E-state index is -0.468. The number of nitrogens with one attached hydrogen (secondary N) is 3. The summed E-state index contributed by atoms with van der Waals surface area (Å²) in [5.74, 6) is -0.871. The molecule has 0 saturated carbocycles. The molecule has 0 aliphatic carbocycles. The van der Waals surface area contributed by atoms with E-state index in [1.54, 1.807) is 6.92 Å². The molecule has 0 aromatic rings. The number of carbonyl (C=O) groups excluding carboxylic acids is 4. The van der Waals surface area contributed by atoms with E-state index >= 15 is 0 Å². The highest BCUT2D eigenvalue weighted by Gasteiger charge is 2.07. The molecular formula is C11H19N3O4S. The van der Waals surface area contributed by atoms with E-state index in [9.17, 15) is 19.2 Å². The predicted octanol–water partition coefficient (Wildman–Crippen LogP) is -1.37. The Hall–Kier alpha value is -1.57. The van der Waals surface area contributed by atoms with E-state index in [0.29, 0.717) is 12.2 Å². The molecule has 7 nitrogen and oxygen atoms in total. The van der Waals surface area contributed by atoms with Crippen LogP contribution in [0.5, 0.6) is 0 Å². The summed E-state index contributed by atoms with van der Waals surface area (Å²) in [6.07, 6.45) is 0.583. The fourth-order valence-electron chi connectivity index (χ4n) is 0.995. The van der Waals surface area contributed by atoms with Gasteiger partial charge in [0.1, 0.15) is 0 Å². The zero-order chi connectivity index (χ0) is 14.7. The van der Waals surface area contributed by atoms with Crippen LogP contribution in [0.25, 0.3) is 0 Å². The van der Waals surface area contributed by atoms with Crippen LogP contribution < -0.4 is 16.0 Å². The minimum absolute atomic E-state index is 0.0378. The smallest absolute Gasteiger partial charge is 0.239 e. The summed E-state index contributed by atoms with van der Waals surface area (Å²) in [4.78, 5) is 44.5. The Labute approximate surface area is 117 Å². The first-order valence-corrected chi connectivity index (χ1v) is 6.55. The Morgan fingerprint density at radius 2 is 1.32 bits per heavy atom. The summed E-state index contributed by atoms with van der Waals surface area (Å²) in [5, 5.41) is 7.08. The number of ketones is 1. The molecule has 8 heteroatoms. The first-order valence-electron chi connectivity index (χ1n) is 5.92. The van der Waals surface area contributed by atoms with Crippen molar-refractivity contribution in [2.24, 2.45) is 0 Å². The lowest BCUT2D eigenvalue weighted by atomic mass is 10.3. The quantitative estimate of drug-likeness (QED) is 0.393. The highest BCUT2D eigenvalue weighted by Crippen LogP contribution is 1.82. The molecule has 3 amide bonds. The van der Waals surface area contributed by atoms with Crippen LogP contribution in [-0.2, 0) is 19.2 Å². The van der Waals surface area contributed by atoms with Gasteiger partial charge in [-0.2, -0.15) is 12.6 Å². The van der Waals surface area contributed by atoms with E-state index in [0.717, 1.165) is 0 Å². The molecule has 0 aromatic heterocycles. The van der Waals surface area contributed by atoms with Gasteiger partial charge in [-0.3, -0.25) is 19.2 Å². The van der Waals surface area contributed by atoms with Crippen molar-refractivity contribution in [2.45, 2.75) is 19.8 Å². The number of hydrogen-bond donors (Lipinski definition) is 4. The second-order valence-corrected chi connectivity index (χ2v) is 4.14. The van der Waals surface area contributed by atoms with E-state index < -0.39 is 11.8 Å². The van der Waals surface area contributed by atoms with Gasteiger partial charge >= 0.3 is 0 Å². The Morgan fingerprint density at radius 1 is 0.842 bits per heavy atom. The standard InChI is InChI=1S/C11H19N3O4S/c1-2-8(15)5-12-10(17)7-14-11(18)6-13-9(16)3-4-19/h19H,2-7H2,1H3,(H,12,17)(H,13,16)(H,14,18). The summed E-state index contributed by atoms with van der Waals surface area (Å²) < 4.78 is 0. The van der Waals surface area contributed by atoms with Crippen molar-refractivity contribution < 1.29 is 19.2 Å². The zero-order valence-corrected chi connectivity index (χ0v) is 11.7. The maximum Gasteiger partial charge on any atom is 0.239 e. The van der Waals surface area contributed by atoms with E-state index in [1.165, 1.54) is 0 Å². The molecule has 0 fully saturated rings. The zero-order valence-electron chi connectivity index (χ0n) is 10.8. The molecule has 3 N–H and O–H groups in total. The predicted molar refractivity (Wildman–Crippen MR) is 72.8 cm³/mol. The van der Waals surface area contributed by atoms with Crippen molar-refractivity contribution in [3.8, 4) is 0 Å². The molecule has 19 heavy (non-hydrogen) atoms. The number of carbonyl (C=O) groups is 4. The van der Waals surface area contributed by atoms with Gasteiger partial charge in [0.05, 0.1) is 19.6 Å². The van der Waals surface area contributed by atoms with Crippen molar-refractivity contribution in [3.05, 3.63) is 0 Å². The van der Waals surface area contributed by atoms with Crippen LogP contribution in [0.15, 0.2) is 0 Å². The first-order chi connectivity index (χ1) is 8.99. The average Bonchev–Trinajstić information content (AvgIpc) is 2.40. The SMILES string of the molecule is CCC(=O)CNC(=O)CNC(=O)CNC(=O)CCS. The molecule has 0 aliphatic rings. The van der Waals surface area contributed by atoms with E-state index in [1.807, 2.05) is 0 Å². The van der Waals surface area contributed by atoms with Crippen molar-refractivity contribution in [1.82, 2.24) is 16.0 Å². The van der Waals surface area contributed by atoms with Crippen molar-refractivity contribution in [2.75, 3.05) is 25.4 Å². The lowest BCUT2D eigenvalue weighted by Gasteiger charge is -2.07. The Bertz CT molecular complexity index is 347. The molecule has 108 valence electrons. The van der Waals surface area contributed by atoms with Crippen molar-refractivity contribution in [3.63, 3.8) is 0 Å². The third-order valence-electron chi connectivity index (χ3n) is 2.11. The summed E-state index contributed by atoms with van der Waals surface area (Å²) in [6, 6.07) is 0. The Kier molecular flexibility index (Phi) is 9.51. The number of thiol groups is 1. The van der Waals surface area contributed by atoms with Crippen molar-refractivity contribution >= 4 is 36.1 Å². The number of amides is 3. The lowest BCUT2D eigenvalue weighted by molar-refractivity contribution is -0.128. The van der Waals surface area contributed by atoms with Crippen LogP contribution in [0.2, 0.25) is 0 Å². The number of rotatable bonds is 9. The van der Waals surface area contributed by atoms with Crippen LogP contribution in [0, 0.1) is 0 Å². The van der Waals surface area contributed by atoms with Gasteiger partial charge in [0.25, 0.3) is 0 Å². The van der Waals surface area contributed by atoms with Gasteiger partial charge in [0, 0.05) is 12.8 Å². The highest BCUT2D eigenvalue weighted by molar-refractivity contribution is 7.80. The molecule has 0 aliphatic heterocycles. The Morgan fingerprint density at radius 3 is 1.79 bits per heavy atom. The molecule has 0 atom stereocenters. The largest absolute Gasteiger partial charge is 0.347 e. The second-order valence-electron chi connectivity index (χ2n) is 3.70. The summed E-state index contributed by atoms with van der Waals surface area (Å²) in [5.41, 5.74) is 0. The second kappa shape index (κ2) is 10.4. The minimum Gasteiger partial charge on any atom is -0.347 e. The van der Waals surface area contributed by atoms with Gasteiger partial charge in [-0.05, 0) is 5.75 Å². The van der Waals surface area contributed by atoms with Gasteiger partial charge in [0.2, 0.25) is 17.7 Å². The van der Waals surface area contributed by atoms with Gasteiger partial charge in [-0.15, -0.1) is 0 Å². The van der Waals surface area contributed by atoms with Gasteiger partial charge in [-0.25, -0.2) is 0 Å². The molecule has 0 radical (unpaired) electrons. The van der Waals surface area contributed by atoms with Gasteiger partial charge in [-0.1, -0.05) is 6.92 Å². The van der Waals surface area contributed by atoms with E-state index in [2.05, 4.69) is 28.6 Å². The van der Waals surface area contributed by atoms with Crippen molar-refractivity contribution in [1.29, 1.82) is 0 Å². The van der Waals surface area contributed by atoms with Crippen LogP contribution in [0.1, 0.15) is 19.8 Å². The van der Waals surface area contributed by atoms with Crippen LogP contribution in [0.3, 0.4) is 0 Å². The monoisotopic (exact) mass is 289 g/mol. The average molecular weight is 289 g/mol. The van der Waals surface area contributed by atoms with Crippen LogP contribution in [0.4, 0.5) is 0 Å².